The molecule has 0 aromatic heterocycles. The number of hydrogen-bond donors (Lipinski definition) is 4. The highest BCUT2D eigenvalue weighted by molar-refractivity contribution is 7.99. The van der Waals surface area contributed by atoms with Crippen LogP contribution in [0.1, 0.15) is 61.5 Å². The summed E-state index contributed by atoms with van der Waals surface area (Å²) < 4.78 is 5.24. The molecule has 250 valence electrons. The van der Waals surface area contributed by atoms with Gasteiger partial charge in [0.25, 0.3) is 5.91 Å². The number of thioether (sulfide) groups is 1. The van der Waals surface area contributed by atoms with Crippen LogP contribution in [-0.4, -0.2) is 84.8 Å². The van der Waals surface area contributed by atoms with E-state index in [9.17, 15) is 24.0 Å². The molecule has 2 aromatic carbocycles. The minimum Gasteiger partial charge on any atom is -0.497 e. The fourth-order valence-corrected chi connectivity index (χ4v) is 5.48. The Kier molecular flexibility index (Phi) is 14.4. The van der Waals surface area contributed by atoms with Gasteiger partial charge in [-0.05, 0) is 67.3 Å². The third-order valence-electron chi connectivity index (χ3n) is 8.13. The summed E-state index contributed by atoms with van der Waals surface area (Å²) in [4.78, 5) is 68.1. The van der Waals surface area contributed by atoms with Crippen LogP contribution in [0.3, 0.4) is 0 Å². The summed E-state index contributed by atoms with van der Waals surface area (Å²) in [6, 6.07) is 11.4. The van der Waals surface area contributed by atoms with Crippen LogP contribution in [0.5, 0.6) is 5.75 Å². The molecule has 46 heavy (non-hydrogen) atoms. The van der Waals surface area contributed by atoms with Gasteiger partial charge in [-0.25, -0.2) is 0 Å². The number of hydrogen-bond acceptors (Lipinski definition) is 7. The zero-order valence-electron chi connectivity index (χ0n) is 27.4. The minimum absolute atomic E-state index is 0.0136. The molecular weight excluding hydrogens is 606 g/mol. The van der Waals surface area contributed by atoms with Crippen molar-refractivity contribution in [3.63, 3.8) is 0 Å². The Balaban J connectivity index is 1.91. The number of nitrogens with one attached hydrogen (secondary N) is 4. The molecule has 4 rings (SSSR count). The molecule has 2 bridgehead atoms. The molecule has 4 N–H and O–H groups in total. The van der Waals surface area contributed by atoms with Crippen molar-refractivity contribution in [2.24, 2.45) is 5.92 Å². The highest BCUT2D eigenvalue weighted by Crippen LogP contribution is 2.16. The molecule has 0 aliphatic carbocycles. The maximum Gasteiger partial charge on any atom is 0.251 e. The molecule has 2 aromatic rings. The van der Waals surface area contributed by atoms with Gasteiger partial charge in [0.15, 0.2) is 0 Å². The largest absolute Gasteiger partial charge is 0.497 e. The molecule has 0 saturated carbocycles. The number of carbonyl (C=O) groups excluding carboxylic acids is 5. The topological polar surface area (TPSA) is 146 Å². The number of fused-ring (bicyclic) bond motifs is 18. The summed E-state index contributed by atoms with van der Waals surface area (Å²) in [6.45, 7) is 6.66. The Morgan fingerprint density at radius 3 is 2.28 bits per heavy atom. The highest BCUT2D eigenvalue weighted by Gasteiger charge is 2.31. The van der Waals surface area contributed by atoms with E-state index in [1.165, 1.54) is 11.8 Å². The Hall–Kier alpha value is -4.06. The first-order chi connectivity index (χ1) is 22.1. The number of ether oxygens (including phenoxy) is 1. The first kappa shape index (κ1) is 36.4. The molecule has 0 saturated heterocycles. The molecule has 0 spiro atoms. The van der Waals surface area contributed by atoms with Gasteiger partial charge in [-0.1, -0.05) is 44.5 Å². The van der Waals surface area contributed by atoms with Crippen LogP contribution in [0, 0.1) is 5.92 Å². The first-order valence-corrected chi connectivity index (χ1v) is 17.1. The van der Waals surface area contributed by atoms with E-state index in [1.807, 2.05) is 32.2 Å². The normalized spacial score (nSPS) is 21.2. The van der Waals surface area contributed by atoms with E-state index in [-0.39, 0.29) is 24.2 Å². The van der Waals surface area contributed by atoms with E-state index < -0.39 is 35.8 Å². The highest BCUT2D eigenvalue weighted by atomic mass is 32.2. The zero-order chi connectivity index (χ0) is 33.6. The van der Waals surface area contributed by atoms with Gasteiger partial charge < -0.3 is 30.9 Å². The van der Waals surface area contributed by atoms with Gasteiger partial charge in [0.2, 0.25) is 23.6 Å². The Morgan fingerprint density at radius 2 is 1.65 bits per heavy atom. The van der Waals surface area contributed by atoms with E-state index in [1.54, 1.807) is 55.3 Å². The lowest BCUT2D eigenvalue weighted by Gasteiger charge is -2.27. The van der Waals surface area contributed by atoms with Crippen LogP contribution in [0.15, 0.2) is 48.5 Å². The van der Waals surface area contributed by atoms with Crippen molar-refractivity contribution in [3.8, 4) is 5.75 Å². The Morgan fingerprint density at radius 1 is 0.957 bits per heavy atom. The molecule has 2 aliphatic heterocycles. The smallest absolute Gasteiger partial charge is 0.251 e. The lowest BCUT2D eigenvalue weighted by atomic mass is 9.96. The summed E-state index contributed by atoms with van der Waals surface area (Å²) >= 11 is 1.46. The first-order valence-electron chi connectivity index (χ1n) is 15.7. The molecule has 2 heterocycles. The van der Waals surface area contributed by atoms with Gasteiger partial charge >= 0.3 is 0 Å². The van der Waals surface area contributed by atoms with Crippen molar-refractivity contribution in [2.45, 2.75) is 71.1 Å². The number of carbonyl (C=O) groups is 5. The van der Waals surface area contributed by atoms with E-state index in [0.29, 0.717) is 56.0 Å². The van der Waals surface area contributed by atoms with Crippen LogP contribution >= 0.6 is 11.8 Å². The van der Waals surface area contributed by atoms with Gasteiger partial charge in [-0.15, -0.1) is 0 Å². The van der Waals surface area contributed by atoms with Crippen LogP contribution in [-0.2, 0) is 32.1 Å². The second-order valence-electron chi connectivity index (χ2n) is 11.6. The van der Waals surface area contributed by atoms with Crippen LogP contribution < -0.4 is 26.0 Å². The van der Waals surface area contributed by atoms with E-state index in [2.05, 4.69) is 21.3 Å². The number of amides is 5. The lowest BCUT2D eigenvalue weighted by Crippen LogP contribution is -2.58. The van der Waals surface area contributed by atoms with Gasteiger partial charge in [0, 0.05) is 31.6 Å². The number of methoxy groups -OCH3 is 1. The van der Waals surface area contributed by atoms with Crippen molar-refractivity contribution in [1.29, 1.82) is 0 Å². The maximum atomic E-state index is 13.7. The fourth-order valence-electron chi connectivity index (χ4n) is 5.06. The van der Waals surface area contributed by atoms with Crippen molar-refractivity contribution in [2.75, 3.05) is 32.2 Å². The number of rotatable bonds is 7. The molecule has 0 radical (unpaired) electrons. The van der Waals surface area contributed by atoms with E-state index >= 15 is 0 Å². The van der Waals surface area contributed by atoms with Crippen molar-refractivity contribution >= 4 is 41.3 Å². The van der Waals surface area contributed by atoms with Gasteiger partial charge in [0.1, 0.15) is 23.9 Å². The summed E-state index contributed by atoms with van der Waals surface area (Å²) in [5, 5.41) is 11.3. The van der Waals surface area contributed by atoms with Crippen LogP contribution in [0.4, 0.5) is 0 Å². The van der Waals surface area contributed by atoms with Gasteiger partial charge in [-0.3, -0.25) is 24.0 Å². The molecule has 4 atom stereocenters. The Bertz CT molecular complexity index is 1340. The summed E-state index contributed by atoms with van der Waals surface area (Å²) in [5.74, 6) is -1.02. The second kappa shape index (κ2) is 18.2. The monoisotopic (exact) mass is 653 g/mol. The second-order valence-corrected chi connectivity index (χ2v) is 12.5. The molecule has 0 fully saturated rings. The maximum absolute atomic E-state index is 13.7. The average Bonchev–Trinajstić information content (AvgIpc) is 3.05. The molecule has 2 aliphatic rings. The summed E-state index contributed by atoms with van der Waals surface area (Å²) in [6.07, 6.45) is 3.95. The summed E-state index contributed by atoms with van der Waals surface area (Å²) in [5.41, 5.74) is 2.03. The average molecular weight is 654 g/mol. The van der Waals surface area contributed by atoms with Gasteiger partial charge in [0.05, 0.1) is 12.9 Å². The van der Waals surface area contributed by atoms with Crippen LogP contribution in [0.2, 0.25) is 0 Å². The molecule has 12 heteroatoms. The number of benzene rings is 2. The lowest BCUT2D eigenvalue weighted by molar-refractivity contribution is -0.132. The number of nitrogens with zero attached hydrogens (tertiary/aromatic N) is 1. The van der Waals surface area contributed by atoms with Crippen molar-refractivity contribution < 1.29 is 28.7 Å². The third-order valence-corrected chi connectivity index (χ3v) is 8.67. The van der Waals surface area contributed by atoms with E-state index in [0.717, 1.165) is 11.1 Å². The van der Waals surface area contributed by atoms with Crippen LogP contribution in [0.25, 0.3) is 0 Å². The summed E-state index contributed by atoms with van der Waals surface area (Å²) in [7, 11) is 1.56. The predicted molar refractivity (Wildman–Crippen MR) is 179 cm³/mol. The Labute approximate surface area is 276 Å². The third kappa shape index (κ3) is 10.8. The standard InChI is InChI=1S/C34H47N5O6S/c1-6-22(2)30-34(44)37-28(19-24-11-15-27(45-4)16-12-24)33(43)36-23(3)31(41)35-17-7-8-18-39(29(40)21-46-5)20-25-9-13-26(14-10-25)32(42)38-30/h9-16,22-23,28,30H,6-8,17-21H2,1-5H3,(H,35,41)(H,36,43)(H,37,44)(H,38,42)/t22-,23+,28-,30?/m0/s1. The molecule has 5 amide bonds. The molecule has 1 unspecified atom stereocenters. The van der Waals surface area contributed by atoms with Crippen molar-refractivity contribution in [3.05, 3.63) is 65.2 Å². The van der Waals surface area contributed by atoms with E-state index in [4.69, 9.17) is 4.74 Å². The fraction of sp³-hybridized carbons (Fsp3) is 0.500. The van der Waals surface area contributed by atoms with Gasteiger partial charge in [-0.2, -0.15) is 11.8 Å². The zero-order valence-corrected chi connectivity index (χ0v) is 28.2. The minimum atomic E-state index is -1.02. The SMILES string of the molecule is CC[C@H](C)C1NC(=O)c2ccc(cc2)CN(C(=O)CSC)CCCCNC(=O)[C@@H](C)NC(=O)[C@H](Cc2ccc(OC)cc2)NC1=O. The molecular formula is C34H47N5O6S. The quantitative estimate of drug-likeness (QED) is 0.336. The predicted octanol–water partition coefficient (Wildman–Crippen LogP) is 2.67. The molecule has 11 nitrogen and oxygen atoms in total. The van der Waals surface area contributed by atoms with Crippen molar-refractivity contribution in [1.82, 2.24) is 26.2 Å².